The van der Waals surface area contributed by atoms with Crippen LogP contribution in [0.15, 0.2) is 90.3 Å². The van der Waals surface area contributed by atoms with Crippen LogP contribution in [0.1, 0.15) is 62.9 Å². The van der Waals surface area contributed by atoms with Crippen molar-refractivity contribution < 1.29 is 62.5 Å². The molecule has 7 aromatic rings. The number of aromatic amines is 1. The van der Waals surface area contributed by atoms with Gasteiger partial charge in [-0.15, -0.1) is 0 Å². The number of carbonyl (C=O) groups excluding carboxylic acids is 2. The number of aryl methyl sites for hydroxylation is 1. The van der Waals surface area contributed by atoms with Gasteiger partial charge in [0.25, 0.3) is 10.0 Å². The van der Waals surface area contributed by atoms with Crippen molar-refractivity contribution in [2.45, 2.75) is 69.9 Å². The summed E-state index contributed by atoms with van der Waals surface area (Å²) in [7, 11) is -0.211. The van der Waals surface area contributed by atoms with Crippen molar-refractivity contribution in [3.8, 4) is 22.8 Å². The van der Waals surface area contributed by atoms with Crippen LogP contribution >= 0.6 is 0 Å². The minimum Gasteiger partial charge on any atom is -0.870 e. The Morgan fingerprint density at radius 2 is 1.20 bits per heavy atom. The molecule has 6 aromatic heterocycles. The van der Waals surface area contributed by atoms with Gasteiger partial charge in [0.2, 0.25) is 11.8 Å². The molecule has 11 rings (SSSR count). The monoisotopic (exact) mass is 994 g/mol. The van der Waals surface area contributed by atoms with Crippen LogP contribution in [-0.2, 0) is 29.1 Å². The second kappa shape index (κ2) is 21.9. The van der Waals surface area contributed by atoms with Crippen molar-refractivity contribution in [2.75, 3.05) is 76.5 Å². The van der Waals surface area contributed by atoms with Gasteiger partial charge in [0, 0.05) is 99.1 Å². The number of hydrogen-bond acceptors (Lipinski definition) is 15. The summed E-state index contributed by atoms with van der Waals surface area (Å²) in [6, 6.07) is 18.4. The second-order valence-electron chi connectivity index (χ2n) is 18.0. The summed E-state index contributed by atoms with van der Waals surface area (Å²) in [6.45, 7) is 11.5. The molecule has 0 aliphatic carbocycles. The molecule has 2 unspecified atom stereocenters. The van der Waals surface area contributed by atoms with Crippen LogP contribution in [0.25, 0.3) is 44.8 Å². The van der Waals surface area contributed by atoms with E-state index in [2.05, 4.69) is 38.6 Å². The summed E-state index contributed by atoms with van der Waals surface area (Å²) >= 11 is 0. The smallest absolute Gasteiger partial charge is 0.870 e. The van der Waals surface area contributed by atoms with E-state index in [0.29, 0.717) is 79.9 Å². The first-order chi connectivity index (χ1) is 32.8. The van der Waals surface area contributed by atoms with Crippen molar-refractivity contribution >= 4 is 55.5 Å². The predicted molar refractivity (Wildman–Crippen MR) is 266 cm³/mol. The van der Waals surface area contributed by atoms with Gasteiger partial charge in [-0.3, -0.25) is 9.59 Å². The molecule has 0 bridgehead atoms. The third-order valence-corrected chi connectivity index (χ3v) is 15.1. The zero-order chi connectivity index (χ0) is 47.3. The molecule has 21 heteroatoms. The number of likely N-dealkylation sites (tertiary alicyclic amines) is 2. The molecule has 4 aliphatic rings. The number of rotatable bonds is 8. The van der Waals surface area contributed by atoms with Crippen LogP contribution in [0.2, 0.25) is 0 Å². The van der Waals surface area contributed by atoms with Crippen LogP contribution in [0.3, 0.4) is 0 Å². The molecule has 10 heterocycles. The van der Waals surface area contributed by atoms with Crippen molar-refractivity contribution in [3.63, 3.8) is 0 Å². The Hall–Kier alpha value is -5.87. The molecule has 4 atom stereocenters. The molecule has 2 N–H and O–H groups in total. The molecule has 4 saturated heterocycles. The molecule has 71 heavy (non-hydrogen) atoms. The molecular formula is C50H59N12NaO7S. The maximum absolute atomic E-state index is 13.5. The zero-order valence-electron chi connectivity index (χ0n) is 40.2. The predicted octanol–water partition coefficient (Wildman–Crippen LogP) is 2.86. The minimum atomic E-state index is -3.86. The van der Waals surface area contributed by atoms with Gasteiger partial charge in [-0.05, 0) is 70.0 Å². The Morgan fingerprint density at radius 1 is 0.676 bits per heavy atom. The van der Waals surface area contributed by atoms with Gasteiger partial charge in [-0.25, -0.2) is 42.3 Å². The fraction of sp³-hybridized carbons (Fsp3) is 0.400. The van der Waals surface area contributed by atoms with Gasteiger partial charge in [-0.1, -0.05) is 25.1 Å². The average molecular weight is 995 g/mol. The van der Waals surface area contributed by atoms with Crippen LogP contribution in [-0.4, -0.2) is 153 Å². The SMILES string of the molecule is C.C[C@@H]1COCCN1c1cc(C2CCN(C)C2=O)nc(-c2ccnc3[nH]ccc23)n1.Cc1ccc(S(=O)(=O)n2ccc3c(-c4nc(C5CCN(C)C5=O)cc(N5CCOC[C@H]5C)n4)ccnc32)cc1.[Na+].[OH-]. The van der Waals surface area contributed by atoms with Crippen LogP contribution < -0.4 is 39.4 Å². The number of benzene rings is 1. The summed E-state index contributed by atoms with van der Waals surface area (Å²) in [4.78, 5) is 65.3. The van der Waals surface area contributed by atoms with E-state index in [1.165, 1.54) is 10.2 Å². The quantitative estimate of drug-likeness (QED) is 0.216. The molecule has 2 amide bonds. The molecule has 4 aliphatic heterocycles. The number of carbonyl (C=O) groups is 2. The number of pyridine rings is 2. The zero-order valence-corrected chi connectivity index (χ0v) is 43.0. The van der Waals surface area contributed by atoms with Gasteiger partial charge >= 0.3 is 29.6 Å². The number of anilines is 2. The average Bonchev–Trinajstić information content (AvgIpc) is 4.16. The largest absolute Gasteiger partial charge is 1.00 e. The summed E-state index contributed by atoms with van der Waals surface area (Å²) < 4.78 is 39.4. The first-order valence-corrected chi connectivity index (χ1v) is 24.5. The number of fused-ring (bicyclic) bond motifs is 2. The van der Waals surface area contributed by atoms with Gasteiger partial charge < -0.3 is 39.5 Å². The fourth-order valence-corrected chi connectivity index (χ4v) is 10.8. The first kappa shape index (κ1) is 52.9. The standard InChI is InChI=1S/C28H30N6O4S.C21H24N6O2.CH4.Na.H2O/c1-18-4-6-20(7-5-18)39(36,37)34-13-10-22-21(8-11-29-27(22)34)26-30-24(23-9-12-32(3)28(23)35)16-25(31-26)33-14-15-38-17-19(33)2;1-13-12-29-10-9-27(13)18-11-17(16-5-8-26(2)21(16)28)24-20(25-18)15-4-7-23-19-14(15)3-6-22-19;;;/h4-8,10-11,13,16,19,23H,9,12,14-15,17H2,1-3H3;3-4,6-7,11,13,16H,5,8-10,12H2,1-2H3,(H,22,23);1H4;;1H2/q;;;+1;/p-1/t19-,23?;13-,16?;;;/m11.../s1. The van der Waals surface area contributed by atoms with Crippen LogP contribution in [0, 0.1) is 6.92 Å². The Labute approximate surface area is 435 Å². The molecular weight excluding hydrogens is 936 g/mol. The van der Waals surface area contributed by atoms with E-state index >= 15 is 0 Å². The number of nitrogens with zero attached hydrogens (tertiary/aromatic N) is 11. The van der Waals surface area contributed by atoms with Gasteiger partial charge in [0.1, 0.15) is 17.3 Å². The summed E-state index contributed by atoms with van der Waals surface area (Å²) in [6.07, 6.45) is 8.17. The molecule has 0 saturated carbocycles. The molecule has 368 valence electrons. The Balaban J connectivity index is 0.000000208. The Bertz CT molecular complexity index is 3150. The molecule has 19 nitrogen and oxygen atoms in total. The van der Waals surface area contributed by atoms with E-state index in [1.54, 1.807) is 65.6 Å². The van der Waals surface area contributed by atoms with E-state index < -0.39 is 10.0 Å². The van der Waals surface area contributed by atoms with Crippen LogP contribution in [0.4, 0.5) is 11.6 Å². The van der Waals surface area contributed by atoms with Crippen molar-refractivity contribution in [2.24, 2.45) is 0 Å². The Morgan fingerprint density at radius 3 is 1.70 bits per heavy atom. The molecule has 4 fully saturated rings. The third-order valence-electron chi connectivity index (χ3n) is 13.4. The van der Waals surface area contributed by atoms with Crippen molar-refractivity contribution in [1.29, 1.82) is 0 Å². The molecule has 1 aromatic carbocycles. The number of morpholine rings is 2. The van der Waals surface area contributed by atoms with E-state index in [-0.39, 0.29) is 83.1 Å². The second-order valence-corrected chi connectivity index (χ2v) is 19.8. The molecule has 0 spiro atoms. The topological polar surface area (TPSA) is 228 Å². The number of hydrogen-bond donors (Lipinski definition) is 1. The Kier molecular flexibility index (Phi) is 16.3. The summed E-state index contributed by atoms with van der Waals surface area (Å²) in [5, 5.41) is 1.58. The summed E-state index contributed by atoms with van der Waals surface area (Å²) in [5.41, 5.74) is 5.09. The molecule has 0 radical (unpaired) electrons. The maximum atomic E-state index is 13.5. The third kappa shape index (κ3) is 10.3. The number of H-pyrrole nitrogens is 1. The van der Waals surface area contributed by atoms with Crippen molar-refractivity contribution in [3.05, 3.63) is 102 Å². The normalized spacial score (nSPS) is 20.4. The first-order valence-electron chi connectivity index (χ1n) is 23.0. The van der Waals surface area contributed by atoms with E-state index in [0.717, 1.165) is 59.0 Å². The van der Waals surface area contributed by atoms with Crippen molar-refractivity contribution in [1.82, 2.24) is 48.7 Å². The fourth-order valence-electron chi connectivity index (χ4n) is 9.51. The number of amides is 2. The van der Waals surface area contributed by atoms with E-state index in [9.17, 15) is 18.0 Å². The maximum Gasteiger partial charge on any atom is 1.00 e. The van der Waals surface area contributed by atoms with Gasteiger partial charge in [0.15, 0.2) is 17.3 Å². The van der Waals surface area contributed by atoms with E-state index in [4.69, 9.17) is 29.4 Å². The number of nitrogens with one attached hydrogen (secondary N) is 1. The van der Waals surface area contributed by atoms with Crippen LogP contribution in [0.5, 0.6) is 0 Å². The van der Waals surface area contributed by atoms with E-state index in [1.807, 2.05) is 44.4 Å². The number of aromatic nitrogens is 8. The summed E-state index contributed by atoms with van der Waals surface area (Å²) in [5.74, 6) is 2.23. The number of likely N-dealkylation sites (N-methyl/N-ethyl adjacent to an activating group) is 2. The van der Waals surface area contributed by atoms with Gasteiger partial charge in [-0.2, -0.15) is 0 Å². The minimum absolute atomic E-state index is 0. The number of ether oxygens (including phenoxy) is 2. The van der Waals surface area contributed by atoms with Gasteiger partial charge in [0.05, 0.1) is 66.6 Å².